The molecule has 0 aromatic heterocycles. The van der Waals surface area contributed by atoms with Gasteiger partial charge in [-0.1, -0.05) is 38.0 Å². The van der Waals surface area contributed by atoms with Gasteiger partial charge in [-0.05, 0) is 6.42 Å². The van der Waals surface area contributed by atoms with Crippen LogP contribution in [0.4, 0.5) is 5.69 Å². The summed E-state index contributed by atoms with van der Waals surface area (Å²) < 4.78 is 0. The summed E-state index contributed by atoms with van der Waals surface area (Å²) in [5.74, 6) is 0. The van der Waals surface area contributed by atoms with E-state index in [1.807, 2.05) is 12.1 Å². The lowest BCUT2D eigenvalue weighted by molar-refractivity contribution is -0.386. The molecule has 1 heterocycles. The molecule has 1 atom stereocenters. The molecule has 0 spiro atoms. The summed E-state index contributed by atoms with van der Waals surface area (Å²) in [7, 11) is 0. The van der Waals surface area contributed by atoms with Crippen LogP contribution < -0.4 is 5.32 Å². The topological polar surface area (TPSA) is 58.4 Å². The van der Waals surface area contributed by atoms with Gasteiger partial charge in [0.25, 0.3) is 5.69 Å². The average Bonchev–Trinajstić information content (AvgIpc) is 2.49. The van der Waals surface area contributed by atoms with Crippen LogP contribution in [0.2, 0.25) is 0 Å². The Balaban J connectivity index is 0.00000220. The maximum Gasteiger partial charge on any atom is 0.274 e. The van der Waals surface area contributed by atoms with E-state index in [9.17, 15) is 10.1 Å². The number of hydrogen-bond acceptors (Lipinski definition) is 4. The van der Waals surface area contributed by atoms with Crippen molar-refractivity contribution in [1.82, 2.24) is 10.2 Å². The molecule has 1 fully saturated rings. The van der Waals surface area contributed by atoms with Crippen LogP contribution in [0.3, 0.4) is 0 Å². The molecule has 1 saturated heterocycles. The lowest BCUT2D eigenvalue weighted by Gasteiger charge is -2.35. The summed E-state index contributed by atoms with van der Waals surface area (Å²) >= 11 is 0. The Morgan fingerprint density at radius 2 is 1.91 bits per heavy atom. The molecule has 1 aliphatic heterocycles. The van der Waals surface area contributed by atoms with E-state index in [-0.39, 0.29) is 41.5 Å². The number of unbranched alkanes of at least 4 members (excludes halogenated alkanes) is 1. The minimum Gasteiger partial charge on any atom is -0.314 e. The predicted octanol–water partition coefficient (Wildman–Crippen LogP) is 3.57. The van der Waals surface area contributed by atoms with Gasteiger partial charge >= 0.3 is 0 Å². The summed E-state index contributed by atoms with van der Waals surface area (Å²) in [6, 6.07) is 7.36. The fourth-order valence-corrected chi connectivity index (χ4v) is 2.86. The van der Waals surface area contributed by atoms with Gasteiger partial charge in [0.2, 0.25) is 0 Å². The first kappa shape index (κ1) is 21.1. The van der Waals surface area contributed by atoms with E-state index < -0.39 is 0 Å². The predicted molar refractivity (Wildman–Crippen MR) is 94.3 cm³/mol. The zero-order valence-corrected chi connectivity index (χ0v) is 14.5. The van der Waals surface area contributed by atoms with Crippen molar-refractivity contribution < 1.29 is 4.92 Å². The molecule has 1 aliphatic rings. The largest absolute Gasteiger partial charge is 0.314 e. The fourth-order valence-electron chi connectivity index (χ4n) is 2.86. The number of rotatable bonds is 6. The smallest absolute Gasteiger partial charge is 0.274 e. The lowest BCUT2D eigenvalue weighted by atomic mass is 9.97. The molecular formula is C15H25Cl2N3O2. The first-order valence-corrected chi connectivity index (χ1v) is 7.42. The second-order valence-corrected chi connectivity index (χ2v) is 5.26. The first-order chi connectivity index (χ1) is 9.74. The van der Waals surface area contributed by atoms with E-state index in [4.69, 9.17) is 0 Å². The van der Waals surface area contributed by atoms with Crippen molar-refractivity contribution in [1.29, 1.82) is 0 Å². The molecule has 2 rings (SSSR count). The normalized spacial score (nSPS) is 16.2. The molecule has 0 unspecified atom stereocenters. The summed E-state index contributed by atoms with van der Waals surface area (Å²) in [5, 5.41) is 14.6. The first-order valence-electron chi connectivity index (χ1n) is 7.42. The Labute approximate surface area is 144 Å². The number of nitrogens with one attached hydrogen (secondary N) is 1. The number of nitro benzene ring substituents is 1. The zero-order valence-electron chi connectivity index (χ0n) is 12.9. The summed E-state index contributed by atoms with van der Waals surface area (Å²) in [6.45, 7) is 6.00. The van der Waals surface area contributed by atoms with Gasteiger partial charge in [-0.3, -0.25) is 15.0 Å². The third-order valence-corrected chi connectivity index (χ3v) is 3.92. The van der Waals surface area contributed by atoms with E-state index >= 15 is 0 Å². The van der Waals surface area contributed by atoms with Gasteiger partial charge in [0, 0.05) is 43.9 Å². The maximum absolute atomic E-state index is 11.3. The molecule has 0 radical (unpaired) electrons. The molecule has 126 valence electrons. The Bertz CT molecular complexity index is 454. The van der Waals surface area contributed by atoms with Gasteiger partial charge in [-0.25, -0.2) is 0 Å². The molecular weight excluding hydrogens is 325 g/mol. The van der Waals surface area contributed by atoms with Gasteiger partial charge in [0.15, 0.2) is 0 Å². The van der Waals surface area contributed by atoms with Crippen LogP contribution in [0.5, 0.6) is 0 Å². The number of benzene rings is 1. The van der Waals surface area contributed by atoms with E-state index in [1.54, 1.807) is 12.1 Å². The second-order valence-electron chi connectivity index (χ2n) is 5.26. The SMILES string of the molecule is CCCC[C@H](c1ccccc1[N+](=O)[O-])N1CCNCC1.Cl.Cl. The van der Waals surface area contributed by atoms with Crippen LogP contribution in [0, 0.1) is 10.1 Å². The van der Waals surface area contributed by atoms with Gasteiger partial charge in [-0.15, -0.1) is 24.8 Å². The van der Waals surface area contributed by atoms with E-state index in [0.717, 1.165) is 51.0 Å². The van der Waals surface area contributed by atoms with Crippen LogP contribution >= 0.6 is 24.8 Å². The lowest BCUT2D eigenvalue weighted by Crippen LogP contribution is -2.45. The molecule has 0 saturated carbocycles. The highest BCUT2D eigenvalue weighted by molar-refractivity contribution is 5.85. The summed E-state index contributed by atoms with van der Waals surface area (Å²) in [6.07, 6.45) is 3.20. The van der Waals surface area contributed by atoms with Crippen molar-refractivity contribution in [3.8, 4) is 0 Å². The van der Waals surface area contributed by atoms with Gasteiger partial charge < -0.3 is 5.32 Å². The van der Waals surface area contributed by atoms with Crippen LogP contribution in [-0.2, 0) is 0 Å². The Morgan fingerprint density at radius 1 is 1.27 bits per heavy atom. The highest BCUT2D eigenvalue weighted by Crippen LogP contribution is 2.33. The van der Waals surface area contributed by atoms with Crippen molar-refractivity contribution in [2.45, 2.75) is 32.2 Å². The van der Waals surface area contributed by atoms with Crippen molar-refractivity contribution >= 4 is 30.5 Å². The van der Waals surface area contributed by atoms with Crippen LogP contribution in [0.15, 0.2) is 24.3 Å². The van der Waals surface area contributed by atoms with Gasteiger partial charge in [0.1, 0.15) is 0 Å². The molecule has 7 heteroatoms. The van der Waals surface area contributed by atoms with Crippen molar-refractivity contribution in [2.75, 3.05) is 26.2 Å². The van der Waals surface area contributed by atoms with E-state index in [1.165, 1.54) is 0 Å². The minimum atomic E-state index is -0.253. The van der Waals surface area contributed by atoms with Crippen LogP contribution in [0.1, 0.15) is 37.8 Å². The molecule has 1 aromatic carbocycles. The molecule has 0 bridgehead atoms. The Hall–Kier alpha value is -0.880. The molecule has 1 N–H and O–H groups in total. The average molecular weight is 350 g/mol. The van der Waals surface area contributed by atoms with Crippen LogP contribution in [0.25, 0.3) is 0 Å². The number of nitrogens with zero attached hydrogens (tertiary/aromatic N) is 2. The number of para-hydroxylation sites is 1. The number of halogens is 2. The monoisotopic (exact) mass is 349 g/mol. The van der Waals surface area contributed by atoms with Gasteiger partial charge in [0.05, 0.1) is 4.92 Å². The molecule has 1 aromatic rings. The Morgan fingerprint density at radius 3 is 2.50 bits per heavy atom. The third kappa shape index (κ3) is 5.39. The minimum absolute atomic E-state index is 0. The van der Waals surface area contributed by atoms with Crippen molar-refractivity contribution in [3.05, 3.63) is 39.9 Å². The van der Waals surface area contributed by atoms with Crippen molar-refractivity contribution in [3.63, 3.8) is 0 Å². The molecule has 22 heavy (non-hydrogen) atoms. The molecule has 5 nitrogen and oxygen atoms in total. The summed E-state index contributed by atoms with van der Waals surface area (Å²) in [5.41, 5.74) is 1.12. The third-order valence-electron chi connectivity index (χ3n) is 3.92. The number of nitro groups is 1. The summed E-state index contributed by atoms with van der Waals surface area (Å²) in [4.78, 5) is 13.4. The van der Waals surface area contributed by atoms with Crippen molar-refractivity contribution in [2.24, 2.45) is 0 Å². The van der Waals surface area contributed by atoms with E-state index in [2.05, 4.69) is 17.1 Å². The molecule has 0 amide bonds. The standard InChI is InChI=1S/C15H23N3O2.2ClH/c1-2-3-7-14(17-11-9-16-10-12-17)13-6-4-5-8-15(13)18(19)20;;/h4-6,8,14,16H,2-3,7,9-12H2,1H3;2*1H/t14-;;/m1../s1. The number of hydrogen-bond donors (Lipinski definition) is 1. The quantitative estimate of drug-likeness (QED) is 0.629. The number of piperazine rings is 1. The highest BCUT2D eigenvalue weighted by Gasteiger charge is 2.27. The maximum atomic E-state index is 11.3. The van der Waals surface area contributed by atoms with Crippen LogP contribution in [-0.4, -0.2) is 36.0 Å². The zero-order chi connectivity index (χ0) is 14.4. The van der Waals surface area contributed by atoms with E-state index in [0.29, 0.717) is 0 Å². The second kappa shape index (κ2) is 10.8. The fraction of sp³-hybridized carbons (Fsp3) is 0.600. The Kier molecular flexibility index (Phi) is 10.3. The van der Waals surface area contributed by atoms with Gasteiger partial charge in [-0.2, -0.15) is 0 Å². The molecule has 0 aliphatic carbocycles. The highest BCUT2D eigenvalue weighted by atomic mass is 35.5.